The Bertz CT molecular complexity index is 1820. The second kappa shape index (κ2) is 12.9. The Hall–Kier alpha value is -4.65. The molecule has 2 aromatic carbocycles. The summed E-state index contributed by atoms with van der Waals surface area (Å²) < 4.78 is 61.9. The zero-order valence-electron chi connectivity index (χ0n) is 23.3. The Labute approximate surface area is 250 Å². The van der Waals surface area contributed by atoms with Crippen LogP contribution in [0.2, 0.25) is 0 Å². The number of rotatable bonds is 12. The molecule has 4 aromatic rings. The van der Waals surface area contributed by atoms with E-state index in [1.807, 2.05) is 25.1 Å². The molecule has 0 bridgehead atoms. The number of aromatic carboxylic acids is 1. The minimum atomic E-state index is -5.36. The molecule has 232 valence electrons. The standard InChI is InChI=1S/C29H29F3N6O5S/c1-17(35-14-26(39)22-10-21(12-33)27(34)36-13-22)8-19-4-7-24-20(9-19)11-25(28(40)41)38(24)15-18-2-5-23(6-3-18)37-16-44(42,43)29(30,31)32/h2-7,9-11,13,17,26,35,37,39H,8,14-16H2,1H3,(H2,34,36)(H,40,41). The number of hydrogen-bond donors (Lipinski definition) is 5. The number of sulfone groups is 1. The normalized spacial score (nSPS) is 13.4. The molecule has 2 heterocycles. The molecule has 0 amide bonds. The Kier molecular flexibility index (Phi) is 9.47. The van der Waals surface area contributed by atoms with Crippen LogP contribution in [0.5, 0.6) is 0 Å². The summed E-state index contributed by atoms with van der Waals surface area (Å²) >= 11 is 0. The van der Waals surface area contributed by atoms with E-state index in [0.29, 0.717) is 28.5 Å². The molecule has 0 spiro atoms. The van der Waals surface area contributed by atoms with Crippen LogP contribution in [-0.2, 0) is 22.8 Å². The fraction of sp³-hybridized carbons (Fsp3) is 0.276. The molecule has 15 heteroatoms. The molecule has 0 saturated carbocycles. The molecular formula is C29H29F3N6O5S. The second-order valence-corrected chi connectivity index (χ2v) is 12.2. The van der Waals surface area contributed by atoms with Gasteiger partial charge in [-0.2, -0.15) is 18.4 Å². The van der Waals surface area contributed by atoms with Crippen molar-refractivity contribution in [1.29, 1.82) is 5.26 Å². The number of halogens is 3. The lowest BCUT2D eigenvalue weighted by atomic mass is 10.0. The summed E-state index contributed by atoms with van der Waals surface area (Å²) in [6.45, 7) is 2.28. The van der Waals surface area contributed by atoms with Crippen molar-refractivity contribution in [1.82, 2.24) is 14.9 Å². The van der Waals surface area contributed by atoms with E-state index < -0.39 is 33.3 Å². The average Bonchev–Trinajstić information content (AvgIpc) is 3.33. The van der Waals surface area contributed by atoms with Crippen LogP contribution < -0.4 is 16.4 Å². The van der Waals surface area contributed by atoms with Crippen LogP contribution in [0.4, 0.5) is 24.7 Å². The number of aromatic nitrogens is 2. The number of hydrogen-bond acceptors (Lipinski definition) is 9. The van der Waals surface area contributed by atoms with E-state index in [1.165, 1.54) is 24.4 Å². The first kappa shape index (κ1) is 32.3. The number of carboxylic acids is 1. The number of nitrogens with one attached hydrogen (secondary N) is 2. The lowest BCUT2D eigenvalue weighted by Crippen LogP contribution is -2.32. The van der Waals surface area contributed by atoms with Gasteiger partial charge in [0, 0.05) is 47.5 Å². The zero-order chi connectivity index (χ0) is 32.2. The number of alkyl halides is 3. The third-order valence-corrected chi connectivity index (χ3v) is 8.17. The third-order valence-electron chi connectivity index (χ3n) is 6.94. The van der Waals surface area contributed by atoms with Gasteiger partial charge in [0.25, 0.3) is 9.84 Å². The van der Waals surface area contributed by atoms with Gasteiger partial charge in [-0.1, -0.05) is 18.2 Å². The van der Waals surface area contributed by atoms with Crippen molar-refractivity contribution in [3.63, 3.8) is 0 Å². The van der Waals surface area contributed by atoms with Crippen molar-refractivity contribution >= 4 is 38.2 Å². The van der Waals surface area contributed by atoms with E-state index in [2.05, 4.69) is 15.6 Å². The summed E-state index contributed by atoms with van der Waals surface area (Å²) in [5.74, 6) is -2.35. The number of fused-ring (bicyclic) bond motifs is 1. The van der Waals surface area contributed by atoms with Crippen LogP contribution in [0.25, 0.3) is 10.9 Å². The minimum Gasteiger partial charge on any atom is -0.477 e. The number of carboxylic acid groups (broad SMARTS) is 1. The topological polar surface area (TPSA) is 183 Å². The van der Waals surface area contributed by atoms with Gasteiger partial charge in [0.1, 0.15) is 23.5 Å². The summed E-state index contributed by atoms with van der Waals surface area (Å²) in [5.41, 5.74) is 3.35. The maximum atomic E-state index is 12.6. The van der Waals surface area contributed by atoms with Crippen molar-refractivity contribution in [3.05, 3.63) is 88.7 Å². The maximum absolute atomic E-state index is 12.6. The second-order valence-electron chi connectivity index (χ2n) is 10.2. The summed E-state index contributed by atoms with van der Waals surface area (Å²) in [4.78, 5) is 16.0. The van der Waals surface area contributed by atoms with Crippen LogP contribution >= 0.6 is 0 Å². The summed E-state index contributed by atoms with van der Waals surface area (Å²) in [5, 5.41) is 35.7. The van der Waals surface area contributed by atoms with Crippen LogP contribution in [-0.4, -0.2) is 58.1 Å². The molecular weight excluding hydrogens is 601 g/mol. The minimum absolute atomic E-state index is 0.0405. The molecule has 0 aliphatic rings. The third kappa shape index (κ3) is 7.46. The molecule has 0 radical (unpaired) electrons. The zero-order valence-corrected chi connectivity index (χ0v) is 24.2. The van der Waals surface area contributed by atoms with E-state index in [9.17, 15) is 36.6 Å². The first-order valence-electron chi connectivity index (χ1n) is 13.2. The van der Waals surface area contributed by atoms with Crippen molar-refractivity contribution < 1.29 is 36.6 Å². The molecule has 11 nitrogen and oxygen atoms in total. The highest BCUT2D eigenvalue weighted by Crippen LogP contribution is 2.26. The lowest BCUT2D eigenvalue weighted by Gasteiger charge is -2.18. The molecule has 44 heavy (non-hydrogen) atoms. The average molecular weight is 631 g/mol. The van der Waals surface area contributed by atoms with Gasteiger partial charge in [-0.05, 0) is 60.9 Å². The molecule has 0 fully saturated rings. The number of nitrogens with two attached hydrogens (primary N) is 1. The SMILES string of the molecule is CC(Cc1ccc2c(c1)cc(C(=O)O)n2Cc1ccc(NCS(=O)(=O)C(F)(F)F)cc1)NCC(O)c1cnc(N)c(C#N)c1. The largest absolute Gasteiger partial charge is 0.499 e. The Morgan fingerprint density at radius 3 is 2.45 bits per heavy atom. The van der Waals surface area contributed by atoms with Crippen LogP contribution in [0.15, 0.2) is 60.8 Å². The van der Waals surface area contributed by atoms with Gasteiger partial charge in [-0.3, -0.25) is 0 Å². The van der Waals surface area contributed by atoms with Crippen LogP contribution in [0.3, 0.4) is 0 Å². The van der Waals surface area contributed by atoms with Crippen LogP contribution in [0.1, 0.15) is 45.8 Å². The summed E-state index contributed by atoms with van der Waals surface area (Å²) in [6.07, 6.45) is 1.07. The fourth-order valence-corrected chi connectivity index (χ4v) is 5.11. The maximum Gasteiger partial charge on any atom is 0.499 e. The number of pyridine rings is 1. The number of benzene rings is 2. The number of carbonyl (C=O) groups is 1. The number of nitrogen functional groups attached to an aromatic ring is 1. The quantitative estimate of drug-likeness (QED) is 0.154. The number of nitriles is 1. The first-order chi connectivity index (χ1) is 20.7. The van der Waals surface area contributed by atoms with Crippen molar-refractivity contribution in [2.45, 2.75) is 37.5 Å². The van der Waals surface area contributed by atoms with E-state index in [1.54, 1.807) is 28.8 Å². The number of anilines is 2. The summed E-state index contributed by atoms with van der Waals surface area (Å²) in [6, 6.07) is 16.4. The molecule has 6 N–H and O–H groups in total. The van der Waals surface area contributed by atoms with Gasteiger partial charge in [0.15, 0.2) is 0 Å². The first-order valence-corrected chi connectivity index (χ1v) is 14.9. The highest BCUT2D eigenvalue weighted by molar-refractivity contribution is 7.92. The number of nitrogens with zero attached hydrogens (tertiary/aromatic N) is 3. The van der Waals surface area contributed by atoms with Gasteiger partial charge in [0.05, 0.1) is 11.7 Å². The lowest BCUT2D eigenvalue weighted by molar-refractivity contribution is -0.0433. The van der Waals surface area contributed by atoms with E-state index in [0.717, 1.165) is 5.56 Å². The van der Waals surface area contributed by atoms with Gasteiger partial charge in [-0.15, -0.1) is 0 Å². The monoisotopic (exact) mass is 630 g/mol. The number of aliphatic hydroxyl groups excluding tert-OH is 1. The highest BCUT2D eigenvalue weighted by atomic mass is 32.2. The Morgan fingerprint density at radius 1 is 1.14 bits per heavy atom. The van der Waals surface area contributed by atoms with E-state index in [-0.39, 0.29) is 41.9 Å². The van der Waals surface area contributed by atoms with E-state index >= 15 is 0 Å². The number of aliphatic hydroxyl groups is 1. The molecule has 4 rings (SSSR count). The van der Waals surface area contributed by atoms with Crippen LogP contribution in [0, 0.1) is 11.3 Å². The Balaban J connectivity index is 1.43. The highest BCUT2D eigenvalue weighted by Gasteiger charge is 2.45. The van der Waals surface area contributed by atoms with Gasteiger partial charge < -0.3 is 31.1 Å². The van der Waals surface area contributed by atoms with Crippen molar-refractivity contribution in [2.75, 3.05) is 23.5 Å². The Morgan fingerprint density at radius 2 is 1.82 bits per heavy atom. The van der Waals surface area contributed by atoms with Crippen molar-refractivity contribution in [3.8, 4) is 6.07 Å². The molecule has 2 aromatic heterocycles. The predicted molar refractivity (Wildman–Crippen MR) is 157 cm³/mol. The molecule has 0 aliphatic heterocycles. The summed E-state index contributed by atoms with van der Waals surface area (Å²) in [7, 11) is -5.33. The molecule has 2 atom stereocenters. The van der Waals surface area contributed by atoms with E-state index in [4.69, 9.17) is 11.0 Å². The van der Waals surface area contributed by atoms with Gasteiger partial charge in [0.2, 0.25) is 0 Å². The van der Waals surface area contributed by atoms with Crippen molar-refractivity contribution in [2.24, 2.45) is 0 Å². The van der Waals surface area contributed by atoms with Gasteiger partial charge >= 0.3 is 11.5 Å². The molecule has 0 saturated heterocycles. The molecule has 0 aliphatic carbocycles. The predicted octanol–water partition coefficient (Wildman–Crippen LogP) is 3.79. The smallest absolute Gasteiger partial charge is 0.477 e. The molecule has 2 unspecified atom stereocenters. The van der Waals surface area contributed by atoms with Gasteiger partial charge in [-0.25, -0.2) is 18.2 Å². The fourth-order valence-electron chi connectivity index (χ4n) is 4.59.